The van der Waals surface area contributed by atoms with Crippen LogP contribution in [0.15, 0.2) is 72.8 Å². The maximum absolute atomic E-state index is 9.93. The smallest absolute Gasteiger partial charge is 0.0693 e. The second-order valence-electron chi connectivity index (χ2n) is 6.10. The molecule has 4 aromatic carbocycles. The Bertz CT molecular complexity index is 979. The van der Waals surface area contributed by atoms with Gasteiger partial charge in [0.1, 0.15) is 0 Å². The van der Waals surface area contributed by atoms with Gasteiger partial charge in [0.05, 0.1) is 12.3 Å². The lowest BCUT2D eigenvalue weighted by Crippen LogP contribution is -1.97. The number of benzene rings is 4. The maximum Gasteiger partial charge on any atom is 0.0693 e. The summed E-state index contributed by atoms with van der Waals surface area (Å²) in [5.74, 6) is 0. The minimum absolute atomic E-state index is 0.0335. The molecule has 0 atom stereocenters. The van der Waals surface area contributed by atoms with Crippen LogP contribution in [0.3, 0.4) is 0 Å². The van der Waals surface area contributed by atoms with Crippen LogP contribution in [-0.2, 0) is 6.61 Å². The van der Waals surface area contributed by atoms with Crippen molar-refractivity contribution in [2.45, 2.75) is 13.5 Å². The summed E-state index contributed by atoms with van der Waals surface area (Å²) in [6, 6.07) is 24.9. The van der Waals surface area contributed by atoms with Gasteiger partial charge in [0.25, 0.3) is 0 Å². The third kappa shape index (κ3) is 2.41. The average molecular weight is 313 g/mol. The molecule has 118 valence electrons. The van der Waals surface area contributed by atoms with Crippen LogP contribution in [0.5, 0.6) is 0 Å². The predicted octanol–water partition coefficient (Wildman–Crippen LogP) is 5.54. The summed E-state index contributed by atoms with van der Waals surface area (Å²) >= 11 is 0. The zero-order chi connectivity index (χ0) is 16.5. The van der Waals surface area contributed by atoms with Gasteiger partial charge in [-0.2, -0.15) is 0 Å². The Morgan fingerprint density at radius 1 is 0.750 bits per heavy atom. The minimum atomic E-state index is 0.0335. The number of aliphatic hydroxyl groups excluding tert-OH is 1. The summed E-state index contributed by atoms with van der Waals surface area (Å²) in [4.78, 5) is 0. The van der Waals surface area contributed by atoms with E-state index < -0.39 is 0 Å². The van der Waals surface area contributed by atoms with Gasteiger partial charge >= 0.3 is 0 Å². The molecule has 0 heterocycles. The van der Waals surface area contributed by atoms with Gasteiger partial charge in [-0.1, -0.05) is 60.7 Å². The lowest BCUT2D eigenvalue weighted by Gasteiger charge is -2.17. The van der Waals surface area contributed by atoms with E-state index in [1.165, 1.54) is 5.56 Å². The lowest BCUT2D eigenvalue weighted by molar-refractivity contribution is 0.285. The van der Waals surface area contributed by atoms with E-state index in [0.29, 0.717) is 0 Å². The van der Waals surface area contributed by atoms with Crippen molar-refractivity contribution in [1.82, 2.24) is 0 Å². The molecule has 4 rings (SSSR count). The van der Waals surface area contributed by atoms with Gasteiger partial charge in [-0.3, -0.25) is 0 Å². The standard InChI is InChI=1S/C22H19NO/c1-15-7-6-8-16(13-15)23-22-19-11-4-2-9-17(19)21(14-24)18-10-3-5-12-20(18)22/h2-13,23-24H,14H2,1H3. The first-order valence-electron chi connectivity index (χ1n) is 8.15. The third-order valence-electron chi connectivity index (χ3n) is 4.49. The Labute approximate surface area is 141 Å². The molecule has 0 aliphatic heterocycles. The van der Waals surface area contributed by atoms with E-state index in [0.717, 1.165) is 38.5 Å². The molecular weight excluding hydrogens is 294 g/mol. The summed E-state index contributed by atoms with van der Waals surface area (Å²) in [7, 11) is 0. The largest absolute Gasteiger partial charge is 0.392 e. The van der Waals surface area contributed by atoms with Crippen LogP contribution in [0.2, 0.25) is 0 Å². The van der Waals surface area contributed by atoms with Gasteiger partial charge < -0.3 is 10.4 Å². The molecule has 0 radical (unpaired) electrons. The van der Waals surface area contributed by atoms with Crippen LogP contribution >= 0.6 is 0 Å². The van der Waals surface area contributed by atoms with Crippen LogP contribution in [0.25, 0.3) is 21.5 Å². The number of anilines is 2. The molecule has 0 saturated heterocycles. The van der Waals surface area contributed by atoms with Crippen LogP contribution < -0.4 is 5.32 Å². The van der Waals surface area contributed by atoms with Crippen LogP contribution in [0, 0.1) is 6.92 Å². The van der Waals surface area contributed by atoms with E-state index in [9.17, 15) is 5.11 Å². The molecule has 0 spiro atoms. The first kappa shape index (κ1) is 14.7. The van der Waals surface area contributed by atoms with E-state index >= 15 is 0 Å². The van der Waals surface area contributed by atoms with Gasteiger partial charge in [0.15, 0.2) is 0 Å². The number of nitrogens with one attached hydrogen (secondary N) is 1. The fourth-order valence-electron chi connectivity index (χ4n) is 3.39. The molecule has 0 amide bonds. The number of aliphatic hydroxyl groups is 1. The van der Waals surface area contributed by atoms with Crippen molar-refractivity contribution in [3.63, 3.8) is 0 Å². The Kier molecular flexibility index (Phi) is 3.68. The van der Waals surface area contributed by atoms with Gasteiger partial charge in [-0.15, -0.1) is 0 Å². The molecule has 2 heteroatoms. The van der Waals surface area contributed by atoms with Gasteiger partial charge in [0.2, 0.25) is 0 Å². The Morgan fingerprint density at radius 2 is 1.33 bits per heavy atom. The topological polar surface area (TPSA) is 32.3 Å². The zero-order valence-electron chi connectivity index (χ0n) is 13.6. The quantitative estimate of drug-likeness (QED) is 0.487. The van der Waals surface area contributed by atoms with Crippen LogP contribution in [0.1, 0.15) is 11.1 Å². The summed E-state index contributed by atoms with van der Waals surface area (Å²) in [6.45, 7) is 2.13. The molecule has 0 unspecified atom stereocenters. The second kappa shape index (κ2) is 5.99. The van der Waals surface area contributed by atoms with E-state index in [4.69, 9.17) is 0 Å². The normalized spacial score (nSPS) is 11.1. The SMILES string of the molecule is Cc1cccc(Nc2c3ccccc3c(CO)c3ccccc23)c1. The highest BCUT2D eigenvalue weighted by Gasteiger charge is 2.13. The number of fused-ring (bicyclic) bond motifs is 2. The van der Waals surface area contributed by atoms with E-state index in [2.05, 4.69) is 60.8 Å². The highest BCUT2D eigenvalue weighted by Crippen LogP contribution is 2.38. The van der Waals surface area contributed by atoms with Gasteiger partial charge in [-0.25, -0.2) is 0 Å². The minimum Gasteiger partial charge on any atom is -0.392 e. The highest BCUT2D eigenvalue weighted by atomic mass is 16.3. The van der Waals surface area contributed by atoms with Gasteiger partial charge in [0, 0.05) is 16.5 Å². The van der Waals surface area contributed by atoms with Crippen LogP contribution in [0.4, 0.5) is 11.4 Å². The molecular formula is C22H19NO. The maximum atomic E-state index is 9.93. The lowest BCUT2D eigenvalue weighted by atomic mass is 9.95. The van der Waals surface area contributed by atoms with Gasteiger partial charge in [-0.05, 0) is 41.0 Å². The van der Waals surface area contributed by atoms with Crippen molar-refractivity contribution in [3.8, 4) is 0 Å². The summed E-state index contributed by atoms with van der Waals surface area (Å²) in [6.07, 6.45) is 0. The van der Waals surface area contributed by atoms with Crippen molar-refractivity contribution in [1.29, 1.82) is 0 Å². The Hall–Kier alpha value is -2.84. The molecule has 2 nitrogen and oxygen atoms in total. The molecule has 0 aliphatic rings. The van der Waals surface area contributed by atoms with Crippen molar-refractivity contribution in [2.75, 3.05) is 5.32 Å². The molecule has 0 saturated carbocycles. The monoisotopic (exact) mass is 313 g/mol. The molecule has 4 aromatic rings. The summed E-state index contributed by atoms with van der Waals surface area (Å²) in [5, 5.41) is 18.0. The average Bonchev–Trinajstić information content (AvgIpc) is 2.62. The molecule has 0 aromatic heterocycles. The fraction of sp³-hybridized carbons (Fsp3) is 0.0909. The predicted molar refractivity (Wildman–Crippen MR) is 102 cm³/mol. The van der Waals surface area contributed by atoms with Crippen LogP contribution in [-0.4, -0.2) is 5.11 Å². The molecule has 24 heavy (non-hydrogen) atoms. The second-order valence-corrected chi connectivity index (χ2v) is 6.10. The zero-order valence-corrected chi connectivity index (χ0v) is 13.6. The van der Waals surface area contributed by atoms with Crippen molar-refractivity contribution >= 4 is 32.9 Å². The third-order valence-corrected chi connectivity index (χ3v) is 4.49. The summed E-state index contributed by atoms with van der Waals surface area (Å²) < 4.78 is 0. The number of hydrogen-bond donors (Lipinski definition) is 2. The van der Waals surface area contributed by atoms with E-state index in [1.54, 1.807) is 0 Å². The Morgan fingerprint density at radius 3 is 1.88 bits per heavy atom. The fourth-order valence-corrected chi connectivity index (χ4v) is 3.39. The molecule has 0 bridgehead atoms. The van der Waals surface area contributed by atoms with E-state index in [1.807, 2.05) is 24.3 Å². The molecule has 2 N–H and O–H groups in total. The molecule has 0 fully saturated rings. The first-order chi connectivity index (χ1) is 11.8. The molecule has 0 aliphatic carbocycles. The van der Waals surface area contributed by atoms with E-state index in [-0.39, 0.29) is 6.61 Å². The first-order valence-corrected chi connectivity index (χ1v) is 8.15. The van der Waals surface area contributed by atoms with Crippen molar-refractivity contribution < 1.29 is 5.11 Å². The number of hydrogen-bond acceptors (Lipinski definition) is 2. The number of aryl methyl sites for hydroxylation is 1. The summed E-state index contributed by atoms with van der Waals surface area (Å²) in [5.41, 5.74) is 4.36. The Balaban J connectivity index is 2.05. The van der Waals surface area contributed by atoms with Crippen molar-refractivity contribution in [2.24, 2.45) is 0 Å². The highest BCUT2D eigenvalue weighted by molar-refractivity contribution is 6.14. The van der Waals surface area contributed by atoms with Crippen molar-refractivity contribution in [3.05, 3.63) is 83.9 Å². The number of rotatable bonds is 3.